The van der Waals surface area contributed by atoms with Crippen molar-refractivity contribution in [3.63, 3.8) is 0 Å². The van der Waals surface area contributed by atoms with Crippen molar-refractivity contribution in [1.82, 2.24) is 14.9 Å². The molecule has 0 aromatic carbocycles. The Labute approximate surface area is 151 Å². The summed E-state index contributed by atoms with van der Waals surface area (Å²) in [6.45, 7) is 3.32. The van der Waals surface area contributed by atoms with Crippen molar-refractivity contribution in [1.29, 1.82) is 0 Å². The molecule has 0 amide bonds. The Bertz CT molecular complexity index is 806. The summed E-state index contributed by atoms with van der Waals surface area (Å²) in [7, 11) is 1.41. The van der Waals surface area contributed by atoms with E-state index in [4.69, 9.17) is 0 Å². The topological polar surface area (TPSA) is 73.8 Å². The lowest BCUT2D eigenvalue weighted by Crippen LogP contribution is -2.35. The van der Waals surface area contributed by atoms with E-state index in [9.17, 15) is 8.42 Å². The third kappa shape index (κ3) is 4.79. The minimum Gasteiger partial charge on any atom is -0.352 e. The lowest BCUT2D eigenvalue weighted by atomic mass is 10.4. The van der Waals surface area contributed by atoms with E-state index in [0.717, 1.165) is 4.88 Å². The van der Waals surface area contributed by atoms with Crippen molar-refractivity contribution in [3.8, 4) is 0 Å². The standard InChI is InChI=1S/C15H22N4O2S3/c1-11-5-6-12(22-11)9-17-15(16-2)18-10-13-7-8-14(23-13)24(20,21)19(3)4/h5-8H,9-10H2,1-4H3,(H2,16,17,18). The molecule has 132 valence electrons. The second-order valence-corrected chi connectivity index (χ2v) is 10.2. The Morgan fingerprint density at radius 2 is 1.67 bits per heavy atom. The normalized spacial score (nSPS) is 12.6. The van der Waals surface area contributed by atoms with Gasteiger partial charge < -0.3 is 10.6 Å². The fourth-order valence-corrected chi connectivity index (χ4v) is 5.21. The Balaban J connectivity index is 1.91. The predicted molar refractivity (Wildman–Crippen MR) is 101 cm³/mol. The summed E-state index contributed by atoms with van der Waals surface area (Å²) in [6, 6.07) is 7.65. The summed E-state index contributed by atoms with van der Waals surface area (Å²) in [4.78, 5) is 7.64. The number of hydrogen-bond donors (Lipinski definition) is 2. The van der Waals surface area contributed by atoms with Gasteiger partial charge in [-0.05, 0) is 31.2 Å². The van der Waals surface area contributed by atoms with Gasteiger partial charge in [0.15, 0.2) is 5.96 Å². The van der Waals surface area contributed by atoms with Crippen molar-refractivity contribution >= 4 is 38.7 Å². The summed E-state index contributed by atoms with van der Waals surface area (Å²) in [6.07, 6.45) is 0. The fourth-order valence-electron chi connectivity index (χ4n) is 1.91. The van der Waals surface area contributed by atoms with Crippen molar-refractivity contribution < 1.29 is 8.42 Å². The van der Waals surface area contributed by atoms with Gasteiger partial charge in [-0.15, -0.1) is 22.7 Å². The first-order chi connectivity index (χ1) is 11.3. The van der Waals surface area contributed by atoms with Gasteiger partial charge in [0, 0.05) is 35.8 Å². The molecule has 0 fully saturated rings. The van der Waals surface area contributed by atoms with Crippen LogP contribution in [0.4, 0.5) is 0 Å². The summed E-state index contributed by atoms with van der Waals surface area (Å²) >= 11 is 3.01. The molecule has 9 heteroatoms. The number of aliphatic imine (C=N–C) groups is 1. The van der Waals surface area contributed by atoms with Gasteiger partial charge in [0.05, 0.1) is 13.1 Å². The van der Waals surface area contributed by atoms with Crippen molar-refractivity contribution in [2.24, 2.45) is 4.99 Å². The monoisotopic (exact) mass is 386 g/mol. The van der Waals surface area contributed by atoms with Crippen molar-refractivity contribution in [3.05, 3.63) is 38.9 Å². The second kappa shape index (κ2) is 8.11. The molecule has 0 spiro atoms. The van der Waals surface area contributed by atoms with Crippen LogP contribution in [0.2, 0.25) is 0 Å². The van der Waals surface area contributed by atoms with Crippen LogP contribution >= 0.6 is 22.7 Å². The summed E-state index contributed by atoms with van der Waals surface area (Å²) in [5, 5.41) is 6.45. The highest BCUT2D eigenvalue weighted by Gasteiger charge is 2.19. The Kier molecular flexibility index (Phi) is 6.39. The predicted octanol–water partition coefficient (Wildman–Crippen LogP) is 2.23. The zero-order chi connectivity index (χ0) is 17.7. The SMILES string of the molecule is CN=C(NCc1ccc(C)s1)NCc1ccc(S(=O)(=O)N(C)C)s1. The van der Waals surface area contributed by atoms with Crippen LogP contribution in [0.25, 0.3) is 0 Å². The molecule has 0 bridgehead atoms. The van der Waals surface area contributed by atoms with Crippen LogP contribution in [0.1, 0.15) is 14.6 Å². The molecule has 6 nitrogen and oxygen atoms in total. The summed E-state index contributed by atoms with van der Waals surface area (Å²) < 4.78 is 25.7. The minimum absolute atomic E-state index is 0.348. The number of nitrogens with zero attached hydrogens (tertiary/aromatic N) is 2. The van der Waals surface area contributed by atoms with E-state index < -0.39 is 10.0 Å². The van der Waals surface area contributed by atoms with Gasteiger partial charge in [-0.3, -0.25) is 4.99 Å². The van der Waals surface area contributed by atoms with E-state index in [-0.39, 0.29) is 0 Å². The van der Waals surface area contributed by atoms with Crippen LogP contribution in [0, 0.1) is 6.92 Å². The molecule has 2 aromatic heterocycles. The van der Waals surface area contributed by atoms with Crippen LogP contribution in [0.3, 0.4) is 0 Å². The molecule has 0 aliphatic carbocycles. The molecule has 0 aliphatic heterocycles. The highest BCUT2D eigenvalue weighted by atomic mass is 32.2. The zero-order valence-corrected chi connectivity index (χ0v) is 16.6. The number of hydrogen-bond acceptors (Lipinski definition) is 5. The van der Waals surface area contributed by atoms with E-state index in [2.05, 4.69) is 34.7 Å². The van der Waals surface area contributed by atoms with Crippen LogP contribution < -0.4 is 10.6 Å². The van der Waals surface area contributed by atoms with Gasteiger partial charge in [-0.25, -0.2) is 12.7 Å². The molecule has 2 heterocycles. The first-order valence-electron chi connectivity index (χ1n) is 7.34. The highest BCUT2D eigenvalue weighted by molar-refractivity contribution is 7.91. The quantitative estimate of drug-likeness (QED) is 0.590. The number of sulfonamides is 1. The number of thiophene rings is 2. The molecule has 2 aromatic rings. The van der Waals surface area contributed by atoms with E-state index in [1.807, 2.05) is 6.07 Å². The number of guanidine groups is 1. The Morgan fingerprint density at radius 1 is 1.08 bits per heavy atom. The van der Waals surface area contributed by atoms with Crippen molar-refractivity contribution in [2.45, 2.75) is 24.2 Å². The van der Waals surface area contributed by atoms with E-state index in [1.165, 1.54) is 39.5 Å². The summed E-state index contributed by atoms with van der Waals surface area (Å²) in [5.41, 5.74) is 0. The van der Waals surface area contributed by atoms with Gasteiger partial charge in [0.2, 0.25) is 0 Å². The maximum Gasteiger partial charge on any atom is 0.252 e. The minimum atomic E-state index is -3.36. The third-order valence-electron chi connectivity index (χ3n) is 3.25. The van der Waals surface area contributed by atoms with E-state index in [1.54, 1.807) is 24.5 Å². The summed E-state index contributed by atoms with van der Waals surface area (Å²) in [5.74, 6) is 0.687. The van der Waals surface area contributed by atoms with Crippen molar-refractivity contribution in [2.75, 3.05) is 21.1 Å². The lowest BCUT2D eigenvalue weighted by Gasteiger charge is -2.10. The molecule has 0 saturated carbocycles. The molecule has 0 unspecified atom stereocenters. The van der Waals surface area contributed by atoms with E-state index >= 15 is 0 Å². The molecule has 0 atom stereocenters. The van der Waals surface area contributed by atoms with Gasteiger partial charge in [-0.2, -0.15) is 0 Å². The Hall–Kier alpha value is -1.42. The van der Waals surface area contributed by atoms with Crippen LogP contribution in [0.5, 0.6) is 0 Å². The van der Waals surface area contributed by atoms with Gasteiger partial charge in [0.1, 0.15) is 4.21 Å². The maximum absolute atomic E-state index is 12.1. The van der Waals surface area contributed by atoms with E-state index in [0.29, 0.717) is 23.3 Å². The molecule has 0 aliphatic rings. The van der Waals surface area contributed by atoms with Gasteiger partial charge >= 0.3 is 0 Å². The lowest BCUT2D eigenvalue weighted by molar-refractivity contribution is 0.523. The largest absolute Gasteiger partial charge is 0.352 e. The van der Waals surface area contributed by atoms with Crippen LogP contribution in [-0.4, -0.2) is 39.8 Å². The third-order valence-corrected chi connectivity index (χ3v) is 7.62. The molecule has 2 N–H and O–H groups in total. The molecule has 0 radical (unpaired) electrons. The first-order valence-corrected chi connectivity index (χ1v) is 10.4. The molecule has 0 saturated heterocycles. The smallest absolute Gasteiger partial charge is 0.252 e. The second-order valence-electron chi connectivity index (χ2n) is 5.30. The molecule has 24 heavy (non-hydrogen) atoms. The number of nitrogens with one attached hydrogen (secondary N) is 2. The van der Waals surface area contributed by atoms with Crippen LogP contribution in [0.15, 0.2) is 33.5 Å². The van der Waals surface area contributed by atoms with Gasteiger partial charge in [-0.1, -0.05) is 0 Å². The fraction of sp³-hybridized carbons (Fsp3) is 0.400. The first kappa shape index (κ1) is 18.9. The zero-order valence-electron chi connectivity index (χ0n) is 14.2. The maximum atomic E-state index is 12.1. The number of rotatable bonds is 6. The molecular weight excluding hydrogens is 364 g/mol. The highest BCUT2D eigenvalue weighted by Crippen LogP contribution is 2.23. The van der Waals surface area contributed by atoms with Gasteiger partial charge in [0.25, 0.3) is 10.0 Å². The average molecular weight is 387 g/mol. The van der Waals surface area contributed by atoms with Crippen LogP contribution in [-0.2, 0) is 23.1 Å². The average Bonchev–Trinajstić information content (AvgIpc) is 3.16. The number of aryl methyl sites for hydroxylation is 1. The molecule has 2 rings (SSSR count). The molecular formula is C15H22N4O2S3. The Morgan fingerprint density at radius 3 is 2.17 bits per heavy atom.